The number of nitrogens with zero attached hydrogens (tertiary/aromatic N) is 1. The Kier molecular flexibility index (Phi) is 3.32. The fraction of sp³-hybridized carbons (Fsp3) is 0.300. The van der Waals surface area contributed by atoms with Gasteiger partial charge in [-0.2, -0.15) is 13.2 Å². The topological polar surface area (TPSA) is 33.1 Å². The smallest absolute Gasteiger partial charge is 0.381 e. The molecule has 0 aliphatic carbocycles. The molecule has 0 saturated heterocycles. The van der Waals surface area contributed by atoms with Gasteiger partial charge in [0, 0.05) is 0 Å². The van der Waals surface area contributed by atoms with Crippen LogP contribution in [0.15, 0.2) is 18.2 Å². The molecule has 0 bridgehead atoms. The second kappa shape index (κ2) is 4.32. The largest absolute Gasteiger partial charge is 0.433 e. The van der Waals surface area contributed by atoms with Crippen molar-refractivity contribution in [3.8, 4) is 11.8 Å². The van der Waals surface area contributed by atoms with Crippen molar-refractivity contribution in [2.45, 2.75) is 19.2 Å². The van der Waals surface area contributed by atoms with E-state index >= 15 is 0 Å². The third-order valence-electron chi connectivity index (χ3n) is 1.45. The lowest BCUT2D eigenvalue weighted by Gasteiger charge is -2.04. The summed E-state index contributed by atoms with van der Waals surface area (Å²) in [5.74, 6) is 4.66. The fourth-order valence-electron chi connectivity index (χ4n) is 0.841. The second-order valence-electron chi connectivity index (χ2n) is 2.85. The maximum absolute atomic E-state index is 12.2. The van der Waals surface area contributed by atoms with Gasteiger partial charge < -0.3 is 5.11 Å². The van der Waals surface area contributed by atoms with E-state index in [1.807, 2.05) is 0 Å². The molecule has 80 valence electrons. The van der Waals surface area contributed by atoms with Crippen molar-refractivity contribution < 1.29 is 18.3 Å². The van der Waals surface area contributed by atoms with Crippen LogP contribution < -0.4 is 0 Å². The van der Waals surface area contributed by atoms with Gasteiger partial charge in [-0.05, 0) is 25.0 Å². The van der Waals surface area contributed by atoms with E-state index < -0.39 is 18.0 Å². The molecule has 0 amide bonds. The maximum Gasteiger partial charge on any atom is 0.433 e. The summed E-state index contributed by atoms with van der Waals surface area (Å²) in [7, 11) is 0. The van der Waals surface area contributed by atoms with Gasteiger partial charge in [0.2, 0.25) is 0 Å². The van der Waals surface area contributed by atoms with Crippen LogP contribution >= 0.6 is 0 Å². The van der Waals surface area contributed by atoms with E-state index in [0.29, 0.717) is 0 Å². The molecule has 0 aliphatic heterocycles. The predicted molar refractivity (Wildman–Crippen MR) is 47.8 cm³/mol. The van der Waals surface area contributed by atoms with Crippen LogP contribution in [-0.4, -0.2) is 16.2 Å². The van der Waals surface area contributed by atoms with Crippen molar-refractivity contribution in [2.24, 2.45) is 0 Å². The van der Waals surface area contributed by atoms with E-state index in [-0.39, 0.29) is 5.69 Å². The molecule has 0 fully saturated rings. The Morgan fingerprint density at radius 2 is 2.07 bits per heavy atom. The molecule has 1 heterocycles. The highest BCUT2D eigenvalue weighted by Gasteiger charge is 2.32. The van der Waals surface area contributed by atoms with Gasteiger partial charge in [0.05, 0.1) is 0 Å². The first-order chi connectivity index (χ1) is 6.89. The molecule has 15 heavy (non-hydrogen) atoms. The molecule has 0 radical (unpaired) electrons. The first-order valence-corrected chi connectivity index (χ1v) is 4.13. The van der Waals surface area contributed by atoms with Crippen LogP contribution in [0.5, 0.6) is 0 Å². The second-order valence-corrected chi connectivity index (χ2v) is 2.85. The lowest BCUT2D eigenvalue weighted by atomic mass is 10.3. The molecular weight excluding hydrogens is 207 g/mol. The molecule has 1 aromatic heterocycles. The van der Waals surface area contributed by atoms with Crippen LogP contribution in [0.4, 0.5) is 13.2 Å². The summed E-state index contributed by atoms with van der Waals surface area (Å²) in [5.41, 5.74) is -0.995. The van der Waals surface area contributed by atoms with Gasteiger partial charge in [-0.25, -0.2) is 4.98 Å². The highest BCUT2D eigenvalue weighted by Crippen LogP contribution is 2.27. The number of pyridine rings is 1. The average Bonchev–Trinajstić information content (AvgIpc) is 2.14. The van der Waals surface area contributed by atoms with Crippen molar-refractivity contribution in [1.82, 2.24) is 4.98 Å². The molecule has 0 aliphatic rings. The highest BCUT2D eigenvalue weighted by molar-refractivity contribution is 5.30. The summed E-state index contributed by atoms with van der Waals surface area (Å²) in [6, 6.07) is 3.44. The Labute approximate surface area is 84.8 Å². The summed E-state index contributed by atoms with van der Waals surface area (Å²) in [6.07, 6.45) is -5.36. The molecule has 0 aromatic carbocycles. The summed E-state index contributed by atoms with van der Waals surface area (Å²) >= 11 is 0. The van der Waals surface area contributed by atoms with E-state index in [9.17, 15) is 13.2 Å². The van der Waals surface area contributed by atoms with E-state index in [0.717, 1.165) is 6.07 Å². The Hall–Kier alpha value is -1.54. The van der Waals surface area contributed by atoms with Crippen molar-refractivity contribution in [3.63, 3.8) is 0 Å². The van der Waals surface area contributed by atoms with Crippen molar-refractivity contribution in [3.05, 3.63) is 29.6 Å². The van der Waals surface area contributed by atoms with Gasteiger partial charge in [0.25, 0.3) is 0 Å². The third kappa shape index (κ3) is 3.60. The van der Waals surface area contributed by atoms with E-state index in [2.05, 4.69) is 16.8 Å². The molecule has 0 spiro atoms. The molecule has 1 unspecified atom stereocenters. The van der Waals surface area contributed by atoms with Gasteiger partial charge in [-0.1, -0.05) is 12.0 Å². The van der Waals surface area contributed by atoms with Crippen LogP contribution in [0.25, 0.3) is 0 Å². The Morgan fingerprint density at radius 1 is 1.40 bits per heavy atom. The first kappa shape index (κ1) is 11.5. The summed E-state index contributed by atoms with van der Waals surface area (Å²) in [4.78, 5) is 3.31. The third-order valence-corrected chi connectivity index (χ3v) is 1.45. The Morgan fingerprint density at radius 3 is 2.60 bits per heavy atom. The number of hydrogen-bond donors (Lipinski definition) is 1. The lowest BCUT2D eigenvalue weighted by Crippen LogP contribution is -2.08. The van der Waals surface area contributed by atoms with Crippen LogP contribution in [0.3, 0.4) is 0 Å². The molecule has 1 rings (SSSR count). The Bertz CT molecular complexity index is 401. The van der Waals surface area contributed by atoms with Crippen LogP contribution in [0.1, 0.15) is 18.3 Å². The van der Waals surface area contributed by atoms with Crippen molar-refractivity contribution >= 4 is 0 Å². The fourth-order valence-corrected chi connectivity index (χ4v) is 0.841. The number of aliphatic hydroxyl groups excluding tert-OH is 1. The molecule has 0 saturated carbocycles. The number of aromatic nitrogens is 1. The number of halogens is 3. The summed E-state index contributed by atoms with van der Waals surface area (Å²) in [5, 5.41) is 8.82. The SMILES string of the molecule is CC(O)C#Cc1cccc(C(F)(F)F)n1. The zero-order valence-corrected chi connectivity index (χ0v) is 7.84. The summed E-state index contributed by atoms with van der Waals surface area (Å²) < 4.78 is 36.6. The van der Waals surface area contributed by atoms with Gasteiger partial charge in [0.15, 0.2) is 0 Å². The van der Waals surface area contributed by atoms with E-state index in [1.165, 1.54) is 19.1 Å². The zero-order chi connectivity index (χ0) is 11.5. The van der Waals surface area contributed by atoms with Crippen LogP contribution in [0.2, 0.25) is 0 Å². The normalized spacial score (nSPS) is 12.9. The van der Waals surface area contributed by atoms with E-state index in [1.54, 1.807) is 0 Å². The standard InChI is InChI=1S/C10H8F3NO/c1-7(15)5-6-8-3-2-4-9(14-8)10(11,12)13/h2-4,7,15H,1H3. The Balaban J connectivity index is 3.00. The number of hydrogen-bond acceptors (Lipinski definition) is 2. The predicted octanol–water partition coefficient (Wildman–Crippen LogP) is 1.83. The minimum Gasteiger partial charge on any atom is -0.381 e. The summed E-state index contributed by atoms with van der Waals surface area (Å²) in [6.45, 7) is 1.42. The molecular formula is C10H8F3NO. The molecule has 2 nitrogen and oxygen atoms in total. The number of rotatable bonds is 0. The molecule has 1 atom stereocenters. The zero-order valence-electron chi connectivity index (χ0n) is 7.84. The van der Waals surface area contributed by atoms with Crippen molar-refractivity contribution in [2.75, 3.05) is 0 Å². The molecule has 5 heteroatoms. The highest BCUT2D eigenvalue weighted by atomic mass is 19.4. The van der Waals surface area contributed by atoms with Crippen molar-refractivity contribution in [1.29, 1.82) is 0 Å². The minimum atomic E-state index is -4.47. The number of alkyl halides is 3. The van der Waals surface area contributed by atoms with Crippen LogP contribution in [0, 0.1) is 11.8 Å². The van der Waals surface area contributed by atoms with Crippen LogP contribution in [-0.2, 0) is 6.18 Å². The van der Waals surface area contributed by atoms with Gasteiger partial charge >= 0.3 is 6.18 Å². The van der Waals surface area contributed by atoms with E-state index in [4.69, 9.17) is 5.11 Å². The minimum absolute atomic E-state index is 0.00859. The quantitative estimate of drug-likeness (QED) is 0.670. The van der Waals surface area contributed by atoms with Gasteiger partial charge in [0.1, 0.15) is 17.5 Å². The lowest BCUT2D eigenvalue weighted by molar-refractivity contribution is -0.141. The molecule has 1 aromatic rings. The maximum atomic E-state index is 12.2. The van der Waals surface area contributed by atoms with Gasteiger partial charge in [-0.15, -0.1) is 0 Å². The molecule has 1 N–H and O–H groups in total. The first-order valence-electron chi connectivity index (χ1n) is 4.13. The van der Waals surface area contributed by atoms with Gasteiger partial charge in [-0.3, -0.25) is 0 Å². The monoisotopic (exact) mass is 215 g/mol. The average molecular weight is 215 g/mol. The number of aliphatic hydroxyl groups is 1.